The van der Waals surface area contributed by atoms with E-state index in [-0.39, 0.29) is 19.4 Å². The molecule has 0 saturated heterocycles. The van der Waals surface area contributed by atoms with Gasteiger partial charge in [-0.05, 0) is 82.1 Å². The first-order valence-electron chi connectivity index (χ1n) is 18.7. The fourth-order valence-electron chi connectivity index (χ4n) is 5.32. The molecule has 0 heterocycles. The topological polar surface area (TPSA) is 120 Å². The van der Waals surface area contributed by atoms with Gasteiger partial charge in [-0.25, -0.2) is 9.59 Å². The van der Waals surface area contributed by atoms with E-state index in [1.807, 2.05) is 42.1 Å². The maximum atomic E-state index is 14.0. The summed E-state index contributed by atoms with van der Waals surface area (Å²) in [5, 5.41) is 14.7. The van der Waals surface area contributed by atoms with Crippen LogP contribution in [0.15, 0.2) is 36.4 Å². The Morgan fingerprint density at radius 3 is 2.06 bits per heavy atom. The first-order valence-corrected chi connectivity index (χ1v) is 19.9. The summed E-state index contributed by atoms with van der Waals surface area (Å²) in [6.07, 6.45) is 16.9. The number of nitrogens with one attached hydrogen (secondary N) is 1. The number of carbonyl (C=O) groups is 3. The van der Waals surface area contributed by atoms with Gasteiger partial charge < -0.3 is 29.4 Å². The van der Waals surface area contributed by atoms with E-state index in [2.05, 4.69) is 19.2 Å². The summed E-state index contributed by atoms with van der Waals surface area (Å²) in [6.45, 7) is 10.1. The predicted octanol–water partition coefficient (Wildman–Crippen LogP) is 8.00. The molecule has 1 aromatic carbocycles. The van der Waals surface area contributed by atoms with E-state index in [1.54, 1.807) is 26.8 Å². The molecule has 1 amide bonds. The first kappa shape index (κ1) is 45.5. The zero-order valence-corrected chi connectivity index (χ0v) is 32.9. The third kappa shape index (κ3) is 19.2. The van der Waals surface area contributed by atoms with Crippen molar-refractivity contribution in [1.82, 2.24) is 5.32 Å². The summed E-state index contributed by atoms with van der Waals surface area (Å²) >= 11 is 2.04. The van der Waals surface area contributed by atoms with Crippen molar-refractivity contribution in [2.24, 2.45) is 5.92 Å². The molecule has 2 N–H and O–H groups in total. The Morgan fingerprint density at radius 2 is 1.48 bits per heavy atom. The van der Waals surface area contributed by atoms with Gasteiger partial charge in [-0.2, -0.15) is 11.8 Å². The van der Waals surface area contributed by atoms with Gasteiger partial charge in [-0.1, -0.05) is 83.1 Å². The number of rotatable bonds is 28. The molecule has 0 aliphatic rings. The number of esters is 2. The van der Waals surface area contributed by atoms with Gasteiger partial charge in [0, 0.05) is 26.6 Å². The highest BCUT2D eigenvalue weighted by Gasteiger charge is 2.49. The van der Waals surface area contributed by atoms with Crippen LogP contribution in [0.2, 0.25) is 0 Å². The van der Waals surface area contributed by atoms with Crippen LogP contribution in [0.4, 0.5) is 0 Å². The third-order valence-electron chi connectivity index (χ3n) is 8.30. The minimum atomic E-state index is -2.24. The summed E-state index contributed by atoms with van der Waals surface area (Å²) in [4.78, 5) is 40.4. The van der Waals surface area contributed by atoms with E-state index in [9.17, 15) is 19.5 Å². The Morgan fingerprint density at radius 1 is 0.860 bits per heavy atom. The fraction of sp³-hybridized carbons (Fsp3) is 0.725. The minimum absolute atomic E-state index is 0.0111. The average Bonchev–Trinajstić information content (AvgIpc) is 3.08. The van der Waals surface area contributed by atoms with Crippen LogP contribution >= 0.6 is 11.8 Å². The van der Waals surface area contributed by atoms with Crippen LogP contribution in [-0.4, -0.2) is 79.1 Å². The number of thioether (sulfide) groups is 1. The van der Waals surface area contributed by atoms with Gasteiger partial charge in [-0.15, -0.1) is 0 Å². The molecular weight excluding hydrogens is 655 g/mol. The lowest BCUT2D eigenvalue weighted by Gasteiger charge is -2.35. The molecule has 9 nitrogen and oxygen atoms in total. The van der Waals surface area contributed by atoms with E-state index in [4.69, 9.17) is 18.9 Å². The van der Waals surface area contributed by atoms with Crippen LogP contribution in [0.25, 0.3) is 0 Å². The monoisotopic (exact) mass is 721 g/mol. The lowest BCUT2D eigenvalue weighted by molar-refractivity contribution is -0.185. The van der Waals surface area contributed by atoms with Crippen molar-refractivity contribution >= 4 is 29.6 Å². The highest BCUT2D eigenvalue weighted by Crippen LogP contribution is 2.29. The predicted molar refractivity (Wildman–Crippen MR) is 204 cm³/mol. The number of benzene rings is 1. The van der Waals surface area contributed by atoms with Crippen LogP contribution in [0.1, 0.15) is 124 Å². The van der Waals surface area contributed by atoms with Crippen LogP contribution in [-0.2, 0) is 35.0 Å². The zero-order chi connectivity index (χ0) is 37.3. The van der Waals surface area contributed by atoms with E-state index < -0.39 is 41.0 Å². The van der Waals surface area contributed by atoms with Gasteiger partial charge in [0.05, 0.1) is 19.6 Å². The highest BCUT2D eigenvalue weighted by molar-refractivity contribution is 7.99. The fourth-order valence-corrected chi connectivity index (χ4v) is 6.34. The molecule has 0 fully saturated rings. The maximum Gasteiger partial charge on any atom is 0.339 e. The number of hydrogen-bond acceptors (Lipinski definition) is 9. The first-order chi connectivity index (χ1) is 23.9. The average molecular weight is 722 g/mol. The number of carbonyl (C=O) groups excluding carboxylic acids is 3. The number of methoxy groups -OCH3 is 2. The van der Waals surface area contributed by atoms with E-state index in [0.717, 1.165) is 43.4 Å². The molecule has 0 bridgehead atoms. The second-order valence-corrected chi connectivity index (χ2v) is 15.2. The number of aliphatic hydroxyl groups is 1. The molecule has 0 spiro atoms. The van der Waals surface area contributed by atoms with Crippen molar-refractivity contribution in [1.29, 1.82) is 0 Å². The summed E-state index contributed by atoms with van der Waals surface area (Å²) in [5.74, 6) is -0.475. The summed E-state index contributed by atoms with van der Waals surface area (Å²) in [6, 6.07) is 6.27. The number of ether oxygens (including phenoxy) is 4. The van der Waals surface area contributed by atoms with Crippen LogP contribution in [0, 0.1) is 5.92 Å². The summed E-state index contributed by atoms with van der Waals surface area (Å²) in [7, 11) is 2.71. The van der Waals surface area contributed by atoms with Gasteiger partial charge in [0.15, 0.2) is 5.60 Å². The molecule has 0 aromatic heterocycles. The maximum absolute atomic E-state index is 14.0. The number of amides is 1. The number of hydrogen-bond donors (Lipinski definition) is 2. The molecule has 50 heavy (non-hydrogen) atoms. The molecule has 3 atom stereocenters. The van der Waals surface area contributed by atoms with Crippen molar-refractivity contribution < 1.29 is 38.4 Å². The highest BCUT2D eigenvalue weighted by atomic mass is 32.2. The number of allylic oxidation sites excluding steroid dienone is 1. The second-order valence-electron chi connectivity index (χ2n) is 13.9. The Kier molecular flexibility index (Phi) is 23.9. The zero-order valence-electron chi connectivity index (χ0n) is 32.1. The van der Waals surface area contributed by atoms with Crippen molar-refractivity contribution in [2.75, 3.05) is 38.9 Å². The van der Waals surface area contributed by atoms with Gasteiger partial charge in [-0.3, -0.25) is 4.79 Å². The minimum Gasteiger partial charge on any atom is -0.494 e. The lowest BCUT2D eigenvalue weighted by Crippen LogP contribution is -2.56. The van der Waals surface area contributed by atoms with Crippen LogP contribution < -0.4 is 10.1 Å². The van der Waals surface area contributed by atoms with E-state index in [0.29, 0.717) is 13.0 Å². The molecular formula is C40H67NO8S. The lowest BCUT2D eigenvalue weighted by atomic mass is 9.82. The van der Waals surface area contributed by atoms with Gasteiger partial charge in [0.2, 0.25) is 5.91 Å². The van der Waals surface area contributed by atoms with E-state index >= 15 is 0 Å². The van der Waals surface area contributed by atoms with E-state index in [1.165, 1.54) is 64.3 Å². The normalized spacial score (nSPS) is 14.2. The van der Waals surface area contributed by atoms with Gasteiger partial charge in [0.1, 0.15) is 17.4 Å². The Labute approximate surface area is 307 Å². The molecule has 286 valence electrons. The smallest absolute Gasteiger partial charge is 0.339 e. The van der Waals surface area contributed by atoms with Gasteiger partial charge in [0.25, 0.3) is 0 Å². The number of unbranched alkanes of at least 4 members (excludes halogenated alkanes) is 9. The molecule has 0 unspecified atom stereocenters. The molecule has 1 aromatic rings. The third-order valence-corrected chi connectivity index (χ3v) is 9.45. The summed E-state index contributed by atoms with van der Waals surface area (Å²) < 4.78 is 21.6. The molecule has 0 saturated carbocycles. The van der Waals surface area contributed by atoms with Crippen molar-refractivity contribution in [3.05, 3.63) is 42.0 Å². The van der Waals surface area contributed by atoms with Crippen molar-refractivity contribution in [3.8, 4) is 5.75 Å². The Bertz CT molecular complexity index is 1100. The SMILES string of the molecule is CCCCCCCSCCCCCC/C=C/[C@H](C(=O)N[C@@H](Cc1ccc(OCCCC)cc1)C(=O)OC)[C@@](O)(CCOC)C(=O)OC(C)(C)C. The standard InChI is InChI=1S/C40H67NO8S/c1-8-10-12-16-19-29-50-30-20-17-14-13-15-18-21-34(40(45,26-28-46-6)38(44)49-39(3,4)5)36(42)41-35(37(43)47-7)31-32-22-24-33(25-23-32)48-27-11-9-2/h18,21-25,34-35,45H,8-17,19-20,26-31H2,1-7H3,(H,41,42)/b21-18+/t34-,35+,40+/m1/s1. The molecule has 1 rings (SSSR count). The van der Waals surface area contributed by atoms with Gasteiger partial charge >= 0.3 is 11.9 Å². The Hall–Kier alpha value is -2.56. The van der Waals surface area contributed by atoms with Crippen molar-refractivity contribution in [2.45, 2.75) is 142 Å². The van der Waals surface area contributed by atoms with Crippen molar-refractivity contribution in [3.63, 3.8) is 0 Å². The van der Waals surface area contributed by atoms with Crippen LogP contribution in [0.5, 0.6) is 5.75 Å². The molecule has 0 radical (unpaired) electrons. The van der Waals surface area contributed by atoms with Crippen LogP contribution in [0.3, 0.4) is 0 Å². The quantitative estimate of drug-likeness (QED) is 0.0504. The largest absolute Gasteiger partial charge is 0.494 e. The Balaban J connectivity index is 3.04. The second kappa shape index (κ2) is 26.2. The molecule has 10 heteroatoms. The molecule has 0 aliphatic carbocycles. The molecule has 0 aliphatic heterocycles. The summed E-state index contributed by atoms with van der Waals surface area (Å²) in [5.41, 5.74) is -2.37.